The molecule has 0 unspecified atom stereocenters. The molecule has 0 bridgehead atoms. The lowest BCUT2D eigenvalue weighted by Crippen LogP contribution is -2.23. The van der Waals surface area contributed by atoms with Crippen LogP contribution in [0.5, 0.6) is 0 Å². The molecule has 1 amide bonds. The molecule has 0 saturated carbocycles. The van der Waals surface area contributed by atoms with Crippen LogP contribution in [-0.2, 0) is 6.30 Å². The van der Waals surface area contributed by atoms with Crippen LogP contribution < -0.4 is 5.32 Å². The molecule has 0 spiro atoms. The van der Waals surface area contributed by atoms with E-state index in [9.17, 15) is 18.0 Å². The van der Waals surface area contributed by atoms with Crippen LogP contribution in [0.2, 0.25) is 0 Å². The van der Waals surface area contributed by atoms with Gasteiger partial charge in [0.2, 0.25) is 0 Å². The number of hydrogen-bond acceptors (Lipinski definition) is 5. The highest BCUT2D eigenvalue weighted by atomic mass is 19.4. The Kier molecular flexibility index (Phi) is 3.78. The van der Waals surface area contributed by atoms with Gasteiger partial charge in [0, 0.05) is 14.1 Å². The summed E-state index contributed by atoms with van der Waals surface area (Å²) in [5.74, 6) is -0.119. The Morgan fingerprint density at radius 3 is 2.48 bits per heavy atom. The van der Waals surface area contributed by atoms with Crippen molar-refractivity contribution in [3.63, 3.8) is 0 Å². The third-order valence-corrected chi connectivity index (χ3v) is 2.40. The molecule has 2 aromatic rings. The molecule has 2 aromatic heterocycles. The van der Waals surface area contributed by atoms with E-state index in [1.165, 1.54) is 17.0 Å². The maximum absolute atomic E-state index is 12.4. The van der Waals surface area contributed by atoms with Crippen LogP contribution in [0.15, 0.2) is 24.5 Å². The molecule has 21 heavy (non-hydrogen) atoms. The number of halogens is 3. The summed E-state index contributed by atoms with van der Waals surface area (Å²) in [5, 5.41) is 13.2. The van der Waals surface area contributed by atoms with Crippen LogP contribution in [0.3, 0.4) is 0 Å². The Morgan fingerprint density at radius 1 is 1.29 bits per heavy atom. The summed E-state index contributed by atoms with van der Waals surface area (Å²) in [7, 11) is 3.14. The summed E-state index contributed by atoms with van der Waals surface area (Å²) in [6, 6.07) is 2.86. The van der Waals surface area contributed by atoms with Crippen molar-refractivity contribution in [2.45, 2.75) is 6.30 Å². The lowest BCUT2D eigenvalue weighted by molar-refractivity contribution is -0.212. The minimum Gasteiger partial charge on any atom is -0.343 e. The van der Waals surface area contributed by atoms with Crippen molar-refractivity contribution in [3.8, 4) is 0 Å². The van der Waals surface area contributed by atoms with Crippen molar-refractivity contribution >= 4 is 17.4 Å². The number of hydrogen-bond donors (Lipinski definition) is 1. The number of rotatable bonds is 3. The normalized spacial score (nSPS) is 11.3. The predicted octanol–water partition coefficient (Wildman–Crippen LogP) is 1.59. The quantitative estimate of drug-likeness (QED) is 0.931. The molecule has 0 radical (unpaired) electrons. The van der Waals surface area contributed by atoms with Gasteiger partial charge in [0.05, 0.1) is 18.1 Å². The molecule has 0 aliphatic carbocycles. The highest BCUT2D eigenvalue weighted by molar-refractivity contribution is 5.91. The summed E-state index contributed by atoms with van der Waals surface area (Å²) < 4.78 is 36.9. The van der Waals surface area contributed by atoms with Gasteiger partial charge in [0.15, 0.2) is 11.5 Å². The second-order valence-corrected chi connectivity index (χ2v) is 4.27. The third-order valence-electron chi connectivity index (χ3n) is 2.40. The van der Waals surface area contributed by atoms with E-state index in [1.807, 2.05) is 0 Å². The van der Waals surface area contributed by atoms with E-state index in [1.54, 1.807) is 14.1 Å². The number of nitrogens with one attached hydrogen (secondary N) is 1. The van der Waals surface area contributed by atoms with Gasteiger partial charge >= 0.3 is 6.30 Å². The largest absolute Gasteiger partial charge is 0.504 e. The van der Waals surface area contributed by atoms with Gasteiger partial charge in [0.25, 0.3) is 5.91 Å². The molecule has 0 aliphatic heterocycles. The van der Waals surface area contributed by atoms with Gasteiger partial charge in [-0.2, -0.15) is 9.78 Å². The Bertz CT molecular complexity index is 634. The van der Waals surface area contributed by atoms with Gasteiger partial charge in [0.1, 0.15) is 0 Å². The van der Waals surface area contributed by atoms with Crippen LogP contribution in [0.25, 0.3) is 0 Å². The Morgan fingerprint density at radius 2 is 2.00 bits per heavy atom. The van der Waals surface area contributed by atoms with Crippen LogP contribution in [0, 0.1) is 0 Å². The van der Waals surface area contributed by atoms with Crippen LogP contribution in [-0.4, -0.2) is 44.9 Å². The van der Waals surface area contributed by atoms with E-state index < -0.39 is 6.30 Å². The Hall–Kier alpha value is -2.65. The number of amides is 1. The topological polar surface area (TPSA) is 75.9 Å². The summed E-state index contributed by atoms with van der Waals surface area (Å²) in [6.07, 6.45) is -2.79. The molecule has 10 heteroatoms. The zero-order chi connectivity index (χ0) is 15.6. The first-order valence-electron chi connectivity index (χ1n) is 5.71. The molecule has 0 aromatic carbocycles. The lowest BCUT2D eigenvalue weighted by atomic mass is 10.3. The van der Waals surface area contributed by atoms with E-state index in [-0.39, 0.29) is 27.8 Å². The smallest absolute Gasteiger partial charge is 0.343 e. The van der Waals surface area contributed by atoms with E-state index >= 15 is 0 Å². The van der Waals surface area contributed by atoms with Crippen molar-refractivity contribution in [1.29, 1.82) is 0 Å². The van der Waals surface area contributed by atoms with E-state index in [0.29, 0.717) is 0 Å². The zero-order valence-corrected chi connectivity index (χ0v) is 11.1. The average Bonchev–Trinajstić information content (AvgIpc) is 2.87. The van der Waals surface area contributed by atoms with Crippen LogP contribution in [0.1, 0.15) is 10.5 Å². The fourth-order valence-electron chi connectivity index (χ4n) is 1.42. The molecule has 7 nitrogen and oxygen atoms in total. The molecular weight excluding hydrogens is 289 g/mol. The van der Waals surface area contributed by atoms with Crippen molar-refractivity contribution in [3.05, 3.63) is 30.2 Å². The summed E-state index contributed by atoms with van der Waals surface area (Å²) in [5.41, 5.74) is 0.241. The number of carbonyl (C=O) groups is 1. The zero-order valence-electron chi connectivity index (χ0n) is 11.1. The molecule has 1 N–H and O–H groups in total. The van der Waals surface area contributed by atoms with E-state index in [0.717, 1.165) is 12.4 Å². The van der Waals surface area contributed by atoms with Gasteiger partial charge in [-0.05, 0) is 12.1 Å². The van der Waals surface area contributed by atoms with E-state index in [2.05, 4.69) is 20.6 Å². The number of alkyl halides is 3. The second-order valence-electron chi connectivity index (χ2n) is 4.27. The minimum absolute atomic E-state index is 0.105. The summed E-state index contributed by atoms with van der Waals surface area (Å²) >= 11 is 0. The van der Waals surface area contributed by atoms with Gasteiger partial charge < -0.3 is 10.2 Å². The molecule has 0 aliphatic rings. The molecule has 112 valence electrons. The second kappa shape index (κ2) is 5.38. The van der Waals surface area contributed by atoms with Gasteiger partial charge in [-0.15, -0.1) is 23.4 Å². The van der Waals surface area contributed by atoms with Crippen LogP contribution >= 0.6 is 0 Å². The van der Waals surface area contributed by atoms with Crippen molar-refractivity contribution in [2.24, 2.45) is 0 Å². The first kappa shape index (κ1) is 14.8. The number of aromatic nitrogens is 4. The summed E-state index contributed by atoms with van der Waals surface area (Å²) in [6.45, 7) is 0. The van der Waals surface area contributed by atoms with Crippen molar-refractivity contribution < 1.29 is 18.0 Å². The third kappa shape index (κ3) is 3.46. The highest BCUT2D eigenvalue weighted by Crippen LogP contribution is 2.23. The average molecular weight is 300 g/mol. The maximum atomic E-state index is 12.4. The molecule has 2 rings (SSSR count). The highest BCUT2D eigenvalue weighted by Gasteiger charge is 2.31. The number of nitrogens with zero attached hydrogens (tertiary/aromatic N) is 5. The van der Waals surface area contributed by atoms with Gasteiger partial charge in [-0.1, -0.05) is 0 Å². The van der Waals surface area contributed by atoms with Gasteiger partial charge in [-0.25, -0.2) is 0 Å². The minimum atomic E-state index is -4.58. The molecular formula is C11H11F3N6O. The van der Waals surface area contributed by atoms with E-state index in [4.69, 9.17) is 0 Å². The standard InChI is InChI=1S/C11H11F3N6O/c1-19(2)10(21)8-3-4-9(18-17-8)16-7-5-15-20(6-7)11(12,13)14/h3-6H,1-2H3,(H,16,18). The monoisotopic (exact) mass is 300 g/mol. The summed E-state index contributed by atoms with van der Waals surface area (Å²) in [4.78, 5) is 12.9. The number of anilines is 2. The SMILES string of the molecule is CN(C)C(=O)c1ccc(Nc2cnn(C(F)(F)F)c2)nn1. The molecule has 2 heterocycles. The van der Waals surface area contributed by atoms with Gasteiger partial charge in [-0.3, -0.25) is 4.79 Å². The van der Waals surface area contributed by atoms with Crippen molar-refractivity contribution in [1.82, 2.24) is 24.9 Å². The number of carbonyl (C=O) groups excluding carboxylic acids is 1. The lowest BCUT2D eigenvalue weighted by Gasteiger charge is -2.09. The molecule has 0 atom stereocenters. The predicted molar refractivity (Wildman–Crippen MR) is 66.9 cm³/mol. The fourth-order valence-corrected chi connectivity index (χ4v) is 1.42. The molecule has 0 fully saturated rings. The molecule has 0 saturated heterocycles. The fraction of sp³-hybridized carbons (Fsp3) is 0.273. The van der Waals surface area contributed by atoms with Crippen molar-refractivity contribution in [2.75, 3.05) is 19.4 Å². The first-order chi connectivity index (χ1) is 9.77. The first-order valence-corrected chi connectivity index (χ1v) is 5.71. The maximum Gasteiger partial charge on any atom is 0.504 e. The van der Waals surface area contributed by atoms with Crippen LogP contribution in [0.4, 0.5) is 24.7 Å². The Balaban J connectivity index is 2.10. The Labute approximate surface area is 117 Å².